The largest absolute Gasteiger partial charge is 0.342 e. The third-order valence-corrected chi connectivity index (χ3v) is 4.66. The lowest BCUT2D eigenvalue weighted by Gasteiger charge is -2.38. The Morgan fingerprint density at radius 3 is 2.79 bits per heavy atom. The lowest BCUT2D eigenvalue weighted by molar-refractivity contribution is -0.138. The highest BCUT2D eigenvalue weighted by Crippen LogP contribution is 2.22. The van der Waals surface area contributed by atoms with E-state index >= 15 is 0 Å². The first-order chi connectivity index (χ1) is 11.6. The van der Waals surface area contributed by atoms with Crippen molar-refractivity contribution in [2.45, 2.75) is 19.4 Å². The van der Waals surface area contributed by atoms with E-state index in [1.807, 2.05) is 37.3 Å². The van der Waals surface area contributed by atoms with E-state index in [-0.39, 0.29) is 11.9 Å². The third kappa shape index (κ3) is 3.23. The molecule has 1 aliphatic heterocycles. The molecule has 2 heterocycles. The predicted octanol–water partition coefficient (Wildman–Crippen LogP) is 2.29. The second kappa shape index (κ2) is 6.96. The van der Waals surface area contributed by atoms with Crippen molar-refractivity contribution in [2.24, 2.45) is 0 Å². The summed E-state index contributed by atoms with van der Waals surface area (Å²) in [5.74, 6) is 0.554. The Balaban J connectivity index is 1.71. The molecule has 0 radical (unpaired) electrons. The number of benzene rings is 1. The SMILES string of the molecule is CC[C@H]1C(=O)N(C)CCN1C(=O)Nc1nc(-c2ccccc2)ns1. The molecule has 24 heavy (non-hydrogen) atoms. The van der Waals surface area contributed by atoms with Gasteiger partial charge in [-0.3, -0.25) is 10.1 Å². The number of nitrogens with zero attached hydrogens (tertiary/aromatic N) is 4. The molecular formula is C16H19N5O2S. The number of urea groups is 1. The van der Waals surface area contributed by atoms with Gasteiger partial charge in [0.1, 0.15) is 6.04 Å². The summed E-state index contributed by atoms with van der Waals surface area (Å²) >= 11 is 1.13. The molecule has 1 aromatic heterocycles. The summed E-state index contributed by atoms with van der Waals surface area (Å²) in [5, 5.41) is 3.19. The predicted molar refractivity (Wildman–Crippen MR) is 92.8 cm³/mol. The van der Waals surface area contributed by atoms with Crippen LogP contribution in [0.3, 0.4) is 0 Å². The monoisotopic (exact) mass is 345 g/mol. The lowest BCUT2D eigenvalue weighted by atomic mass is 10.1. The number of hydrogen-bond acceptors (Lipinski definition) is 5. The molecule has 0 spiro atoms. The second-order valence-electron chi connectivity index (χ2n) is 5.60. The third-order valence-electron chi connectivity index (χ3n) is 4.03. The van der Waals surface area contributed by atoms with Crippen molar-refractivity contribution in [2.75, 3.05) is 25.5 Å². The van der Waals surface area contributed by atoms with Gasteiger partial charge in [0.2, 0.25) is 11.0 Å². The molecule has 0 saturated carbocycles. The van der Waals surface area contributed by atoms with Gasteiger partial charge in [0, 0.05) is 37.2 Å². The Morgan fingerprint density at radius 2 is 2.08 bits per heavy atom. The van der Waals surface area contributed by atoms with E-state index in [1.165, 1.54) is 0 Å². The minimum Gasteiger partial charge on any atom is -0.342 e. The van der Waals surface area contributed by atoms with E-state index in [4.69, 9.17) is 0 Å². The average Bonchev–Trinajstić information content (AvgIpc) is 3.06. The van der Waals surface area contributed by atoms with Crippen molar-refractivity contribution >= 4 is 28.6 Å². The number of aromatic nitrogens is 2. The molecule has 0 unspecified atom stereocenters. The van der Waals surface area contributed by atoms with Gasteiger partial charge in [-0.25, -0.2) is 4.79 Å². The van der Waals surface area contributed by atoms with Crippen LogP contribution in [0.25, 0.3) is 11.4 Å². The van der Waals surface area contributed by atoms with Crippen LogP contribution < -0.4 is 5.32 Å². The smallest absolute Gasteiger partial charge is 0.324 e. The average molecular weight is 345 g/mol. The molecule has 2 aromatic rings. The minimum absolute atomic E-state index is 0.0267. The number of amides is 3. The zero-order chi connectivity index (χ0) is 17.1. The summed E-state index contributed by atoms with van der Waals surface area (Å²) in [7, 11) is 1.76. The van der Waals surface area contributed by atoms with E-state index in [2.05, 4.69) is 14.7 Å². The van der Waals surface area contributed by atoms with Gasteiger partial charge in [-0.2, -0.15) is 9.36 Å². The van der Waals surface area contributed by atoms with Gasteiger partial charge in [0.05, 0.1) is 0 Å². The molecular weight excluding hydrogens is 326 g/mol. The van der Waals surface area contributed by atoms with Crippen molar-refractivity contribution in [3.63, 3.8) is 0 Å². The molecule has 8 heteroatoms. The van der Waals surface area contributed by atoms with Crippen LogP contribution in [0.15, 0.2) is 30.3 Å². The van der Waals surface area contributed by atoms with Gasteiger partial charge < -0.3 is 9.80 Å². The molecule has 0 aliphatic carbocycles. The number of rotatable bonds is 3. The normalized spacial score (nSPS) is 17.9. The molecule has 0 bridgehead atoms. The molecule has 7 nitrogen and oxygen atoms in total. The molecule has 1 aromatic carbocycles. The van der Waals surface area contributed by atoms with E-state index in [0.29, 0.717) is 30.5 Å². The Morgan fingerprint density at radius 1 is 1.33 bits per heavy atom. The highest BCUT2D eigenvalue weighted by atomic mass is 32.1. The van der Waals surface area contributed by atoms with Crippen LogP contribution in [0, 0.1) is 0 Å². The standard InChI is InChI=1S/C16H19N5O2S/c1-3-12-14(22)20(2)9-10-21(12)16(23)18-15-17-13(19-24-15)11-7-5-4-6-8-11/h4-8,12H,3,9-10H2,1-2H3,(H,17,18,19,23)/t12-/m0/s1. The molecule has 1 aliphatic rings. The summed E-state index contributed by atoms with van der Waals surface area (Å²) < 4.78 is 4.27. The molecule has 1 N–H and O–H groups in total. The number of hydrogen-bond donors (Lipinski definition) is 1. The Hall–Kier alpha value is -2.48. The van der Waals surface area contributed by atoms with Crippen molar-refractivity contribution in [1.82, 2.24) is 19.2 Å². The van der Waals surface area contributed by atoms with E-state index in [9.17, 15) is 9.59 Å². The van der Waals surface area contributed by atoms with Crippen LogP contribution in [-0.2, 0) is 4.79 Å². The fourth-order valence-electron chi connectivity index (χ4n) is 2.69. The quantitative estimate of drug-likeness (QED) is 0.926. The fraction of sp³-hybridized carbons (Fsp3) is 0.375. The maximum absolute atomic E-state index is 12.5. The Bertz CT molecular complexity index is 733. The summed E-state index contributed by atoms with van der Waals surface area (Å²) in [6.45, 7) is 2.95. The number of carbonyl (C=O) groups excluding carboxylic acids is 2. The molecule has 1 fully saturated rings. The molecule has 1 saturated heterocycles. The maximum Gasteiger partial charge on any atom is 0.324 e. The highest BCUT2D eigenvalue weighted by Gasteiger charge is 2.34. The number of carbonyl (C=O) groups is 2. The van der Waals surface area contributed by atoms with Crippen LogP contribution in [0.4, 0.5) is 9.93 Å². The van der Waals surface area contributed by atoms with Crippen LogP contribution in [0.2, 0.25) is 0 Å². The highest BCUT2D eigenvalue weighted by molar-refractivity contribution is 7.10. The number of anilines is 1. The van der Waals surface area contributed by atoms with Gasteiger partial charge in [-0.1, -0.05) is 37.3 Å². The first kappa shape index (κ1) is 16.4. The fourth-order valence-corrected chi connectivity index (χ4v) is 3.27. The summed E-state index contributed by atoms with van der Waals surface area (Å²) in [6.07, 6.45) is 0.585. The second-order valence-corrected chi connectivity index (χ2v) is 6.35. The van der Waals surface area contributed by atoms with E-state index < -0.39 is 6.04 Å². The van der Waals surface area contributed by atoms with Crippen molar-refractivity contribution in [3.05, 3.63) is 30.3 Å². The number of nitrogens with one attached hydrogen (secondary N) is 1. The molecule has 3 rings (SSSR count). The maximum atomic E-state index is 12.5. The first-order valence-electron chi connectivity index (χ1n) is 7.82. The van der Waals surface area contributed by atoms with Crippen molar-refractivity contribution in [3.8, 4) is 11.4 Å². The van der Waals surface area contributed by atoms with Crippen LogP contribution in [0.1, 0.15) is 13.3 Å². The summed E-state index contributed by atoms with van der Waals surface area (Å²) in [6, 6.07) is 8.85. The molecule has 126 valence electrons. The summed E-state index contributed by atoms with van der Waals surface area (Å²) in [4.78, 5) is 32.3. The van der Waals surface area contributed by atoms with Crippen molar-refractivity contribution in [1.29, 1.82) is 0 Å². The van der Waals surface area contributed by atoms with Crippen LogP contribution >= 0.6 is 11.5 Å². The Kier molecular flexibility index (Phi) is 4.75. The Labute approximate surface area is 144 Å². The zero-order valence-corrected chi connectivity index (χ0v) is 14.4. The van der Waals surface area contributed by atoms with Gasteiger partial charge >= 0.3 is 6.03 Å². The van der Waals surface area contributed by atoms with E-state index in [1.54, 1.807) is 16.8 Å². The number of piperazine rings is 1. The zero-order valence-electron chi connectivity index (χ0n) is 13.6. The first-order valence-corrected chi connectivity index (χ1v) is 8.59. The number of likely N-dealkylation sites (N-methyl/N-ethyl adjacent to an activating group) is 1. The van der Waals surface area contributed by atoms with Crippen LogP contribution in [-0.4, -0.2) is 57.3 Å². The summed E-state index contributed by atoms with van der Waals surface area (Å²) in [5.41, 5.74) is 0.899. The van der Waals surface area contributed by atoms with Crippen molar-refractivity contribution < 1.29 is 9.59 Å². The van der Waals surface area contributed by atoms with Crippen LogP contribution in [0.5, 0.6) is 0 Å². The molecule has 3 amide bonds. The van der Waals surface area contributed by atoms with Gasteiger partial charge in [-0.05, 0) is 6.42 Å². The van der Waals surface area contributed by atoms with Gasteiger partial charge in [0.25, 0.3) is 0 Å². The lowest BCUT2D eigenvalue weighted by Crippen LogP contribution is -2.58. The minimum atomic E-state index is -0.426. The topological polar surface area (TPSA) is 78.4 Å². The van der Waals surface area contributed by atoms with E-state index in [0.717, 1.165) is 17.1 Å². The van der Waals surface area contributed by atoms with Gasteiger partial charge in [-0.15, -0.1) is 0 Å². The molecule has 1 atom stereocenters. The van der Waals surface area contributed by atoms with Gasteiger partial charge in [0.15, 0.2) is 5.82 Å².